The quantitative estimate of drug-likeness (QED) is 0.891. The molecule has 1 aliphatic heterocycles. The molecule has 0 radical (unpaired) electrons. The van der Waals surface area contributed by atoms with Crippen LogP contribution in [0, 0.1) is 18.8 Å². The van der Waals surface area contributed by atoms with Gasteiger partial charge in [-0.15, -0.1) is 0 Å². The van der Waals surface area contributed by atoms with Gasteiger partial charge in [-0.3, -0.25) is 9.59 Å². The predicted molar refractivity (Wildman–Crippen MR) is 104 cm³/mol. The zero-order valence-corrected chi connectivity index (χ0v) is 16.0. The molecule has 1 heterocycles. The van der Waals surface area contributed by atoms with Crippen molar-refractivity contribution in [2.75, 3.05) is 13.1 Å². The molecule has 0 aromatic heterocycles. The van der Waals surface area contributed by atoms with Gasteiger partial charge in [0.1, 0.15) is 0 Å². The number of rotatable bonds is 4. The molecular weight excluding hydrogens is 324 g/mol. The van der Waals surface area contributed by atoms with Gasteiger partial charge in [0.25, 0.3) is 0 Å². The molecule has 1 N–H and O–H groups in total. The van der Waals surface area contributed by atoms with E-state index in [4.69, 9.17) is 0 Å². The van der Waals surface area contributed by atoms with Crippen LogP contribution in [-0.2, 0) is 16.1 Å². The van der Waals surface area contributed by atoms with Crippen LogP contribution in [0.25, 0.3) is 0 Å². The van der Waals surface area contributed by atoms with Crippen LogP contribution in [0.2, 0.25) is 0 Å². The number of hydrogen-bond donors (Lipinski definition) is 1. The molecule has 3 rings (SSSR count). The van der Waals surface area contributed by atoms with Crippen molar-refractivity contribution in [3.63, 3.8) is 0 Å². The second-order valence-electron chi connectivity index (χ2n) is 7.93. The Morgan fingerprint density at radius 1 is 0.962 bits per heavy atom. The van der Waals surface area contributed by atoms with Crippen LogP contribution in [0.1, 0.15) is 62.5 Å². The first-order valence-electron chi connectivity index (χ1n) is 10.3. The van der Waals surface area contributed by atoms with Crippen LogP contribution >= 0.6 is 0 Å². The molecule has 4 heteroatoms. The lowest BCUT2D eigenvalue weighted by Crippen LogP contribution is -2.40. The van der Waals surface area contributed by atoms with Crippen LogP contribution in [0.3, 0.4) is 0 Å². The molecule has 2 aliphatic rings. The first-order valence-corrected chi connectivity index (χ1v) is 10.3. The zero-order valence-electron chi connectivity index (χ0n) is 16.0. The molecule has 26 heavy (non-hydrogen) atoms. The van der Waals surface area contributed by atoms with Crippen molar-refractivity contribution in [3.05, 3.63) is 35.4 Å². The van der Waals surface area contributed by atoms with E-state index in [-0.39, 0.29) is 17.7 Å². The highest BCUT2D eigenvalue weighted by Gasteiger charge is 2.32. The summed E-state index contributed by atoms with van der Waals surface area (Å²) in [7, 11) is 0. The average Bonchev–Trinajstić information content (AvgIpc) is 2.96. The summed E-state index contributed by atoms with van der Waals surface area (Å²) in [6, 6.07) is 8.16. The van der Waals surface area contributed by atoms with Gasteiger partial charge >= 0.3 is 0 Å². The molecule has 1 saturated heterocycles. The average molecular weight is 357 g/mol. The van der Waals surface area contributed by atoms with Crippen LogP contribution in [0.5, 0.6) is 0 Å². The zero-order chi connectivity index (χ0) is 18.4. The molecule has 1 aromatic carbocycles. The van der Waals surface area contributed by atoms with Crippen LogP contribution < -0.4 is 5.32 Å². The molecule has 142 valence electrons. The summed E-state index contributed by atoms with van der Waals surface area (Å²) < 4.78 is 0. The highest BCUT2D eigenvalue weighted by Crippen LogP contribution is 2.31. The van der Waals surface area contributed by atoms with Crippen molar-refractivity contribution in [2.45, 2.75) is 64.8 Å². The molecule has 0 bridgehead atoms. The lowest BCUT2D eigenvalue weighted by molar-refractivity contribution is -0.138. The standard InChI is InChI=1S/C22H32N2O2/c1-17-8-4-5-9-20(17)16-23-21(25)18-10-12-19(13-11-18)22(26)24-14-6-2-3-7-15-24/h4-5,8-9,18-19H,2-3,6-7,10-16H2,1H3,(H,23,25). The number of carbonyl (C=O) groups is 2. The van der Waals surface area contributed by atoms with Gasteiger partial charge in [0, 0.05) is 31.5 Å². The normalized spacial score (nSPS) is 24.0. The third kappa shape index (κ3) is 4.87. The Balaban J connectivity index is 1.44. The number of nitrogens with one attached hydrogen (secondary N) is 1. The number of amides is 2. The van der Waals surface area contributed by atoms with Gasteiger partial charge in [-0.05, 0) is 56.6 Å². The van der Waals surface area contributed by atoms with Crippen molar-refractivity contribution in [1.29, 1.82) is 0 Å². The molecule has 2 fully saturated rings. The van der Waals surface area contributed by atoms with Crippen LogP contribution in [-0.4, -0.2) is 29.8 Å². The molecule has 0 unspecified atom stereocenters. The van der Waals surface area contributed by atoms with E-state index in [1.54, 1.807) is 0 Å². The van der Waals surface area contributed by atoms with Crippen molar-refractivity contribution < 1.29 is 9.59 Å². The minimum Gasteiger partial charge on any atom is -0.352 e. The summed E-state index contributed by atoms with van der Waals surface area (Å²) in [5.74, 6) is 0.681. The third-order valence-electron chi connectivity index (χ3n) is 6.08. The van der Waals surface area contributed by atoms with Crippen molar-refractivity contribution in [2.24, 2.45) is 11.8 Å². The molecular formula is C22H32N2O2. The van der Waals surface area contributed by atoms with E-state index in [9.17, 15) is 9.59 Å². The van der Waals surface area contributed by atoms with Gasteiger partial charge in [-0.2, -0.15) is 0 Å². The van der Waals surface area contributed by atoms with Gasteiger partial charge < -0.3 is 10.2 Å². The fourth-order valence-electron chi connectivity index (χ4n) is 4.29. The van der Waals surface area contributed by atoms with Gasteiger partial charge in [0.15, 0.2) is 0 Å². The highest BCUT2D eigenvalue weighted by molar-refractivity contribution is 5.81. The maximum Gasteiger partial charge on any atom is 0.225 e. The number of carbonyl (C=O) groups excluding carboxylic acids is 2. The van der Waals surface area contributed by atoms with Crippen molar-refractivity contribution in [1.82, 2.24) is 10.2 Å². The summed E-state index contributed by atoms with van der Waals surface area (Å²) >= 11 is 0. The SMILES string of the molecule is Cc1ccccc1CNC(=O)C1CCC(C(=O)N2CCCCCC2)CC1. The van der Waals surface area contributed by atoms with E-state index in [1.165, 1.54) is 24.0 Å². The lowest BCUT2D eigenvalue weighted by Gasteiger charge is -2.31. The second kappa shape index (κ2) is 9.20. The monoisotopic (exact) mass is 356 g/mol. The summed E-state index contributed by atoms with van der Waals surface area (Å²) in [5.41, 5.74) is 2.38. The predicted octanol–water partition coefficient (Wildman–Crippen LogP) is 3.82. The third-order valence-corrected chi connectivity index (χ3v) is 6.08. The van der Waals surface area contributed by atoms with Gasteiger partial charge in [0.05, 0.1) is 0 Å². The summed E-state index contributed by atoms with van der Waals surface area (Å²) in [4.78, 5) is 27.3. The van der Waals surface area contributed by atoms with E-state index in [2.05, 4.69) is 29.3 Å². The molecule has 2 amide bonds. The highest BCUT2D eigenvalue weighted by atomic mass is 16.2. The lowest BCUT2D eigenvalue weighted by atomic mass is 9.81. The minimum absolute atomic E-state index is 0.0622. The molecule has 4 nitrogen and oxygen atoms in total. The number of aryl methyl sites for hydroxylation is 1. The van der Waals surface area contributed by atoms with Crippen molar-refractivity contribution >= 4 is 11.8 Å². The maximum atomic E-state index is 12.8. The summed E-state index contributed by atoms with van der Waals surface area (Å²) in [6.45, 7) is 4.52. The molecule has 1 aliphatic carbocycles. The number of nitrogens with zero attached hydrogens (tertiary/aromatic N) is 1. The first kappa shape index (κ1) is 18.9. The second-order valence-corrected chi connectivity index (χ2v) is 7.93. The fourth-order valence-corrected chi connectivity index (χ4v) is 4.29. The molecule has 0 atom stereocenters. The molecule has 0 spiro atoms. The first-order chi connectivity index (χ1) is 12.6. The smallest absolute Gasteiger partial charge is 0.225 e. The van der Waals surface area contributed by atoms with E-state index in [1.807, 2.05) is 12.1 Å². The van der Waals surface area contributed by atoms with E-state index in [0.717, 1.165) is 51.6 Å². The Bertz CT molecular complexity index is 612. The van der Waals surface area contributed by atoms with E-state index >= 15 is 0 Å². The van der Waals surface area contributed by atoms with Crippen LogP contribution in [0.15, 0.2) is 24.3 Å². The Morgan fingerprint density at radius 3 is 2.23 bits per heavy atom. The van der Waals surface area contributed by atoms with Crippen LogP contribution in [0.4, 0.5) is 0 Å². The Kier molecular flexibility index (Phi) is 6.70. The van der Waals surface area contributed by atoms with Gasteiger partial charge in [-0.25, -0.2) is 0 Å². The largest absolute Gasteiger partial charge is 0.352 e. The Labute approximate surface area is 157 Å². The van der Waals surface area contributed by atoms with Gasteiger partial charge in [0.2, 0.25) is 11.8 Å². The Morgan fingerprint density at radius 2 is 1.58 bits per heavy atom. The molecule has 1 saturated carbocycles. The fraction of sp³-hybridized carbons (Fsp3) is 0.636. The number of likely N-dealkylation sites (tertiary alicyclic amines) is 1. The maximum absolute atomic E-state index is 12.8. The van der Waals surface area contributed by atoms with E-state index in [0.29, 0.717) is 12.5 Å². The number of hydrogen-bond acceptors (Lipinski definition) is 2. The Hall–Kier alpha value is -1.84. The number of benzene rings is 1. The minimum atomic E-state index is 0.0622. The van der Waals surface area contributed by atoms with Gasteiger partial charge in [-0.1, -0.05) is 37.1 Å². The summed E-state index contributed by atoms with van der Waals surface area (Å²) in [5, 5.41) is 3.09. The van der Waals surface area contributed by atoms with E-state index < -0.39 is 0 Å². The molecule has 1 aromatic rings. The van der Waals surface area contributed by atoms with Crippen molar-refractivity contribution in [3.8, 4) is 0 Å². The topological polar surface area (TPSA) is 49.4 Å². The summed E-state index contributed by atoms with van der Waals surface area (Å²) in [6.07, 6.45) is 8.17.